The summed E-state index contributed by atoms with van der Waals surface area (Å²) in [4.78, 5) is 0. The normalized spacial score (nSPS) is 17.4. The van der Waals surface area contributed by atoms with Gasteiger partial charge in [0.2, 0.25) is 10.0 Å². The minimum atomic E-state index is -3.42. The van der Waals surface area contributed by atoms with Gasteiger partial charge in [0.15, 0.2) is 0 Å². The summed E-state index contributed by atoms with van der Waals surface area (Å²) in [5.74, 6) is -0.357. The van der Waals surface area contributed by atoms with Gasteiger partial charge < -0.3 is 5.32 Å². The summed E-state index contributed by atoms with van der Waals surface area (Å²) in [6, 6.07) is 13.5. The quantitative estimate of drug-likeness (QED) is 0.887. The first kappa shape index (κ1) is 15.1. The highest BCUT2D eigenvalue weighted by atomic mass is 32.2. The molecule has 0 bridgehead atoms. The molecule has 6 heteroatoms. The Morgan fingerprint density at radius 3 is 2.73 bits per heavy atom. The van der Waals surface area contributed by atoms with Crippen molar-refractivity contribution in [3.63, 3.8) is 0 Å². The molecule has 4 nitrogen and oxygen atoms in total. The highest BCUT2D eigenvalue weighted by molar-refractivity contribution is 7.89. The summed E-state index contributed by atoms with van der Waals surface area (Å²) in [5.41, 5.74) is 2.59. The third-order valence-electron chi connectivity index (χ3n) is 3.74. The summed E-state index contributed by atoms with van der Waals surface area (Å²) >= 11 is 0. The molecule has 3 rings (SSSR count). The Morgan fingerprint density at radius 2 is 1.95 bits per heavy atom. The summed E-state index contributed by atoms with van der Waals surface area (Å²) < 4.78 is 40.2. The number of rotatable bonds is 5. The molecule has 0 aromatic heterocycles. The van der Waals surface area contributed by atoms with E-state index in [9.17, 15) is 12.8 Å². The van der Waals surface area contributed by atoms with Crippen molar-refractivity contribution in [3.8, 4) is 0 Å². The molecule has 0 amide bonds. The van der Waals surface area contributed by atoms with E-state index >= 15 is 0 Å². The molecule has 2 aromatic rings. The molecule has 2 aromatic carbocycles. The largest absolute Gasteiger partial charge is 0.305 e. The highest BCUT2D eigenvalue weighted by Crippen LogP contribution is 2.26. The Hall–Kier alpha value is -1.76. The number of hydrogen-bond acceptors (Lipinski definition) is 3. The van der Waals surface area contributed by atoms with E-state index in [0.29, 0.717) is 6.54 Å². The number of nitrogens with one attached hydrogen (secondary N) is 2. The van der Waals surface area contributed by atoms with E-state index in [1.54, 1.807) is 6.07 Å². The van der Waals surface area contributed by atoms with Gasteiger partial charge in [-0.25, -0.2) is 17.5 Å². The van der Waals surface area contributed by atoms with Crippen LogP contribution in [0.4, 0.5) is 4.39 Å². The van der Waals surface area contributed by atoms with E-state index in [4.69, 9.17) is 0 Å². The van der Waals surface area contributed by atoms with Crippen molar-refractivity contribution < 1.29 is 12.8 Å². The topological polar surface area (TPSA) is 58.2 Å². The van der Waals surface area contributed by atoms with E-state index in [2.05, 4.69) is 10.0 Å². The Morgan fingerprint density at radius 1 is 1.18 bits per heavy atom. The number of hydrogen-bond donors (Lipinski definition) is 2. The minimum Gasteiger partial charge on any atom is -0.305 e. The first-order valence-corrected chi connectivity index (χ1v) is 8.72. The molecular formula is C16H17FN2O2S. The lowest BCUT2D eigenvalue weighted by Gasteiger charge is -2.13. The zero-order valence-corrected chi connectivity index (χ0v) is 12.7. The number of halogens is 1. The molecule has 0 aliphatic carbocycles. The van der Waals surface area contributed by atoms with Crippen molar-refractivity contribution >= 4 is 10.0 Å². The van der Waals surface area contributed by atoms with Gasteiger partial charge in [-0.3, -0.25) is 0 Å². The van der Waals surface area contributed by atoms with E-state index in [1.807, 2.05) is 30.3 Å². The lowest BCUT2D eigenvalue weighted by molar-refractivity contribution is 0.559. The molecule has 2 N–H and O–H groups in total. The van der Waals surface area contributed by atoms with Gasteiger partial charge >= 0.3 is 0 Å². The summed E-state index contributed by atoms with van der Waals surface area (Å²) in [6.45, 7) is 0.762. The van der Waals surface area contributed by atoms with Crippen molar-refractivity contribution in [2.24, 2.45) is 0 Å². The Bertz CT molecular complexity index is 763. The second-order valence-electron chi connectivity index (χ2n) is 5.36. The molecule has 0 spiro atoms. The zero-order chi connectivity index (χ0) is 15.6. The first-order chi connectivity index (χ1) is 10.5. The monoisotopic (exact) mass is 320 g/mol. The van der Waals surface area contributed by atoms with Gasteiger partial charge in [-0.15, -0.1) is 0 Å². The fourth-order valence-corrected chi connectivity index (χ4v) is 3.87. The molecule has 116 valence electrons. The van der Waals surface area contributed by atoms with E-state index in [-0.39, 0.29) is 24.2 Å². The van der Waals surface area contributed by atoms with Gasteiger partial charge in [0, 0.05) is 19.1 Å². The van der Waals surface area contributed by atoms with Crippen LogP contribution in [-0.2, 0) is 23.1 Å². The molecule has 1 unspecified atom stereocenters. The standard InChI is InChI=1S/C16H17FN2O2S/c17-14-6-7-15-13(8-14)10-18-16(15)11-22(20,21)19-9-12-4-2-1-3-5-12/h1-8,16,18-19H,9-11H2. The molecule has 22 heavy (non-hydrogen) atoms. The fraction of sp³-hybridized carbons (Fsp3) is 0.250. The highest BCUT2D eigenvalue weighted by Gasteiger charge is 2.27. The molecule has 0 saturated heterocycles. The van der Waals surface area contributed by atoms with E-state index in [0.717, 1.165) is 16.7 Å². The van der Waals surface area contributed by atoms with Crippen LogP contribution >= 0.6 is 0 Å². The summed E-state index contributed by atoms with van der Waals surface area (Å²) in [7, 11) is -3.42. The van der Waals surface area contributed by atoms with Crippen LogP contribution in [0.1, 0.15) is 22.7 Å². The lowest BCUT2D eigenvalue weighted by atomic mass is 10.1. The lowest BCUT2D eigenvalue weighted by Crippen LogP contribution is -2.31. The average molecular weight is 320 g/mol. The number of benzene rings is 2. The molecule has 1 heterocycles. The van der Waals surface area contributed by atoms with Crippen LogP contribution in [-0.4, -0.2) is 14.2 Å². The van der Waals surface area contributed by atoms with Crippen molar-refractivity contribution in [1.82, 2.24) is 10.0 Å². The van der Waals surface area contributed by atoms with Crippen LogP contribution in [0.2, 0.25) is 0 Å². The predicted octanol–water partition coefficient (Wildman–Crippen LogP) is 2.09. The second kappa shape index (κ2) is 6.16. The van der Waals surface area contributed by atoms with E-state index < -0.39 is 10.0 Å². The van der Waals surface area contributed by atoms with Crippen LogP contribution in [0, 0.1) is 5.82 Å². The van der Waals surface area contributed by atoms with Gasteiger partial charge in [-0.1, -0.05) is 36.4 Å². The minimum absolute atomic E-state index is 0.0571. The van der Waals surface area contributed by atoms with Crippen molar-refractivity contribution in [3.05, 3.63) is 71.0 Å². The van der Waals surface area contributed by atoms with Crippen LogP contribution < -0.4 is 10.0 Å². The summed E-state index contributed by atoms with van der Waals surface area (Å²) in [6.07, 6.45) is 0. The third-order valence-corrected chi connectivity index (χ3v) is 5.10. The number of sulfonamides is 1. The zero-order valence-electron chi connectivity index (χ0n) is 11.9. The van der Waals surface area contributed by atoms with Crippen LogP contribution in [0.15, 0.2) is 48.5 Å². The molecule has 1 atom stereocenters. The molecule has 0 fully saturated rings. The van der Waals surface area contributed by atoms with E-state index in [1.165, 1.54) is 12.1 Å². The second-order valence-corrected chi connectivity index (χ2v) is 7.22. The van der Waals surface area contributed by atoms with Crippen LogP contribution in [0.3, 0.4) is 0 Å². The van der Waals surface area contributed by atoms with Gasteiger partial charge in [-0.2, -0.15) is 0 Å². The fourth-order valence-electron chi connectivity index (χ4n) is 2.63. The van der Waals surface area contributed by atoms with Gasteiger partial charge in [0.25, 0.3) is 0 Å². The smallest absolute Gasteiger partial charge is 0.213 e. The Labute approximate surface area is 129 Å². The van der Waals surface area contributed by atoms with Crippen molar-refractivity contribution in [2.75, 3.05) is 5.75 Å². The maximum Gasteiger partial charge on any atom is 0.213 e. The predicted molar refractivity (Wildman–Crippen MR) is 83.0 cm³/mol. The maximum absolute atomic E-state index is 13.2. The Kier molecular flexibility index (Phi) is 4.24. The van der Waals surface area contributed by atoms with Gasteiger partial charge in [0.05, 0.1) is 5.75 Å². The van der Waals surface area contributed by atoms with Gasteiger partial charge in [-0.05, 0) is 28.8 Å². The first-order valence-electron chi connectivity index (χ1n) is 7.06. The molecular weight excluding hydrogens is 303 g/mol. The molecule has 0 radical (unpaired) electrons. The van der Waals surface area contributed by atoms with Crippen LogP contribution in [0.5, 0.6) is 0 Å². The van der Waals surface area contributed by atoms with Gasteiger partial charge in [0.1, 0.15) is 5.82 Å². The maximum atomic E-state index is 13.2. The van der Waals surface area contributed by atoms with Crippen molar-refractivity contribution in [2.45, 2.75) is 19.1 Å². The van der Waals surface area contributed by atoms with Crippen molar-refractivity contribution in [1.29, 1.82) is 0 Å². The van der Waals surface area contributed by atoms with Crippen LogP contribution in [0.25, 0.3) is 0 Å². The number of fused-ring (bicyclic) bond motifs is 1. The molecule has 0 saturated carbocycles. The summed E-state index contributed by atoms with van der Waals surface area (Å²) in [5, 5.41) is 3.12. The Balaban J connectivity index is 1.66. The average Bonchev–Trinajstić information content (AvgIpc) is 2.88. The SMILES string of the molecule is O=S(=O)(CC1NCc2cc(F)ccc21)NCc1ccccc1. The molecule has 1 aliphatic rings. The third kappa shape index (κ3) is 3.52. The molecule has 1 aliphatic heterocycles.